The van der Waals surface area contributed by atoms with Crippen molar-refractivity contribution in [2.24, 2.45) is 0 Å². The van der Waals surface area contributed by atoms with E-state index in [2.05, 4.69) is 19.2 Å². The second-order valence-corrected chi connectivity index (χ2v) is 5.45. The molecule has 1 aliphatic heterocycles. The lowest BCUT2D eigenvalue weighted by atomic mass is 9.89. The fourth-order valence-corrected chi connectivity index (χ4v) is 2.51. The molecule has 1 aliphatic rings. The minimum atomic E-state index is -0.177. The van der Waals surface area contributed by atoms with Gasteiger partial charge in [0, 0.05) is 18.3 Å². The van der Waals surface area contributed by atoms with Gasteiger partial charge >= 0.3 is 0 Å². The first-order chi connectivity index (χ1) is 8.52. The Morgan fingerprint density at radius 3 is 2.94 bits per heavy atom. The molecule has 1 aromatic carbocycles. The topological polar surface area (TPSA) is 21.3 Å². The highest BCUT2D eigenvalue weighted by Gasteiger charge is 2.31. The fraction of sp³-hybridized carbons (Fsp3) is 0.600. The lowest BCUT2D eigenvalue weighted by Gasteiger charge is -2.38. The largest absolute Gasteiger partial charge is 0.382 e. The third-order valence-corrected chi connectivity index (χ3v) is 3.89. The molecule has 2 atom stereocenters. The number of hydrogen-bond donors (Lipinski definition) is 1. The Morgan fingerprint density at radius 2 is 2.28 bits per heavy atom. The molecule has 0 amide bonds. The molecule has 1 N–H and O–H groups in total. The van der Waals surface area contributed by atoms with E-state index in [0.717, 1.165) is 37.1 Å². The zero-order chi connectivity index (χ0) is 13.2. The molecule has 0 bridgehead atoms. The van der Waals surface area contributed by atoms with Gasteiger partial charge in [0.25, 0.3) is 0 Å². The number of rotatable bonds is 3. The summed E-state index contributed by atoms with van der Waals surface area (Å²) >= 11 is 0. The van der Waals surface area contributed by atoms with Gasteiger partial charge in [0.2, 0.25) is 0 Å². The molecule has 0 aromatic heterocycles. The Labute approximate surface area is 109 Å². The second kappa shape index (κ2) is 5.27. The monoisotopic (exact) mass is 251 g/mol. The van der Waals surface area contributed by atoms with Crippen LogP contribution in [0.5, 0.6) is 0 Å². The smallest absolute Gasteiger partial charge is 0.123 e. The van der Waals surface area contributed by atoms with Crippen LogP contribution in [-0.2, 0) is 4.74 Å². The standard InChI is InChI=1S/C15H22FNO/c1-4-15(3)10-13(7-8-18-15)17-14-6-5-12(16)9-11(14)2/h5-6,9,13,17H,4,7-8,10H2,1-3H3. The first-order valence-electron chi connectivity index (χ1n) is 6.69. The highest BCUT2D eigenvalue weighted by Crippen LogP contribution is 2.30. The molecule has 2 rings (SSSR count). The highest BCUT2D eigenvalue weighted by atomic mass is 19.1. The molecule has 3 heteroatoms. The van der Waals surface area contributed by atoms with E-state index in [4.69, 9.17) is 4.74 Å². The van der Waals surface area contributed by atoms with E-state index in [1.807, 2.05) is 13.0 Å². The summed E-state index contributed by atoms with van der Waals surface area (Å²) in [4.78, 5) is 0. The molecule has 0 radical (unpaired) electrons. The van der Waals surface area contributed by atoms with Crippen LogP contribution in [0.15, 0.2) is 18.2 Å². The number of anilines is 1. The van der Waals surface area contributed by atoms with E-state index in [0.29, 0.717) is 6.04 Å². The summed E-state index contributed by atoms with van der Waals surface area (Å²) in [6, 6.07) is 5.31. The summed E-state index contributed by atoms with van der Waals surface area (Å²) in [6.45, 7) is 7.05. The van der Waals surface area contributed by atoms with Crippen molar-refractivity contribution >= 4 is 5.69 Å². The maximum absolute atomic E-state index is 13.1. The quantitative estimate of drug-likeness (QED) is 0.880. The Balaban J connectivity index is 2.05. The van der Waals surface area contributed by atoms with Gasteiger partial charge in [0.1, 0.15) is 5.82 Å². The van der Waals surface area contributed by atoms with Gasteiger partial charge in [-0.3, -0.25) is 0 Å². The molecule has 0 saturated carbocycles. The zero-order valence-electron chi connectivity index (χ0n) is 11.4. The fourth-order valence-electron chi connectivity index (χ4n) is 2.51. The van der Waals surface area contributed by atoms with E-state index in [-0.39, 0.29) is 11.4 Å². The minimum Gasteiger partial charge on any atom is -0.382 e. The molecule has 1 fully saturated rings. The van der Waals surface area contributed by atoms with Crippen LogP contribution in [0.4, 0.5) is 10.1 Å². The summed E-state index contributed by atoms with van der Waals surface area (Å²) in [5.41, 5.74) is 1.96. The van der Waals surface area contributed by atoms with Gasteiger partial charge in [0.15, 0.2) is 0 Å². The average Bonchev–Trinajstić information content (AvgIpc) is 2.33. The molecule has 2 nitrogen and oxygen atoms in total. The Hall–Kier alpha value is -1.09. The van der Waals surface area contributed by atoms with Crippen LogP contribution >= 0.6 is 0 Å². The average molecular weight is 251 g/mol. The van der Waals surface area contributed by atoms with Crippen LogP contribution in [0.3, 0.4) is 0 Å². The van der Waals surface area contributed by atoms with E-state index in [9.17, 15) is 4.39 Å². The Morgan fingerprint density at radius 1 is 1.50 bits per heavy atom. The van der Waals surface area contributed by atoms with E-state index in [1.54, 1.807) is 6.07 Å². The first kappa shape index (κ1) is 13.3. The maximum atomic E-state index is 13.1. The van der Waals surface area contributed by atoms with Crippen LogP contribution in [0.1, 0.15) is 38.7 Å². The third kappa shape index (κ3) is 3.02. The summed E-state index contributed by atoms with van der Waals surface area (Å²) in [5, 5.41) is 3.52. The molecular formula is C15H22FNO. The predicted octanol–water partition coefficient (Wildman–Crippen LogP) is 3.89. The molecule has 1 aromatic rings. The van der Waals surface area contributed by atoms with Crippen LogP contribution in [0.25, 0.3) is 0 Å². The van der Waals surface area contributed by atoms with Crippen molar-refractivity contribution in [3.8, 4) is 0 Å². The van der Waals surface area contributed by atoms with E-state index in [1.165, 1.54) is 6.07 Å². The van der Waals surface area contributed by atoms with Crippen LogP contribution < -0.4 is 5.32 Å². The van der Waals surface area contributed by atoms with Gasteiger partial charge < -0.3 is 10.1 Å². The Kier molecular flexibility index (Phi) is 3.91. The van der Waals surface area contributed by atoms with Crippen molar-refractivity contribution in [2.45, 2.75) is 51.7 Å². The third-order valence-electron chi connectivity index (χ3n) is 3.89. The van der Waals surface area contributed by atoms with Crippen LogP contribution in [-0.4, -0.2) is 18.2 Å². The second-order valence-electron chi connectivity index (χ2n) is 5.45. The molecule has 100 valence electrons. The molecule has 18 heavy (non-hydrogen) atoms. The lowest BCUT2D eigenvalue weighted by Crippen LogP contribution is -2.41. The number of hydrogen-bond acceptors (Lipinski definition) is 2. The minimum absolute atomic E-state index is 0.0240. The molecule has 2 unspecified atom stereocenters. The number of benzene rings is 1. The van der Waals surface area contributed by atoms with Gasteiger partial charge in [-0.25, -0.2) is 4.39 Å². The summed E-state index contributed by atoms with van der Waals surface area (Å²) in [7, 11) is 0. The Bertz CT molecular complexity index is 421. The van der Waals surface area contributed by atoms with Gasteiger partial charge in [0.05, 0.1) is 5.60 Å². The summed E-state index contributed by atoms with van der Waals surface area (Å²) in [6.07, 6.45) is 3.03. The van der Waals surface area contributed by atoms with Gasteiger partial charge in [-0.05, 0) is 56.9 Å². The molecule has 1 heterocycles. The predicted molar refractivity (Wildman–Crippen MR) is 72.4 cm³/mol. The van der Waals surface area contributed by atoms with Crippen molar-refractivity contribution in [3.05, 3.63) is 29.6 Å². The molecular weight excluding hydrogens is 229 g/mol. The van der Waals surface area contributed by atoms with Gasteiger partial charge in [-0.15, -0.1) is 0 Å². The SMILES string of the molecule is CCC1(C)CC(Nc2ccc(F)cc2C)CCO1. The van der Waals surface area contributed by atoms with E-state index < -0.39 is 0 Å². The summed E-state index contributed by atoms with van der Waals surface area (Å²) in [5.74, 6) is -0.177. The number of nitrogens with one attached hydrogen (secondary N) is 1. The van der Waals surface area contributed by atoms with Crippen molar-refractivity contribution in [2.75, 3.05) is 11.9 Å². The van der Waals surface area contributed by atoms with Crippen LogP contribution in [0, 0.1) is 12.7 Å². The van der Waals surface area contributed by atoms with Gasteiger partial charge in [-0.2, -0.15) is 0 Å². The van der Waals surface area contributed by atoms with Crippen molar-refractivity contribution in [1.82, 2.24) is 0 Å². The molecule has 0 spiro atoms. The van der Waals surface area contributed by atoms with Gasteiger partial charge in [-0.1, -0.05) is 6.92 Å². The summed E-state index contributed by atoms with van der Waals surface area (Å²) < 4.78 is 18.9. The molecule has 0 aliphatic carbocycles. The first-order valence-corrected chi connectivity index (χ1v) is 6.69. The molecule has 1 saturated heterocycles. The number of halogens is 1. The lowest BCUT2D eigenvalue weighted by molar-refractivity contribution is -0.0708. The van der Waals surface area contributed by atoms with Crippen molar-refractivity contribution in [3.63, 3.8) is 0 Å². The van der Waals surface area contributed by atoms with Crippen LogP contribution in [0.2, 0.25) is 0 Å². The van der Waals surface area contributed by atoms with Crippen molar-refractivity contribution in [1.29, 1.82) is 0 Å². The zero-order valence-corrected chi connectivity index (χ0v) is 11.4. The number of aryl methyl sites for hydroxylation is 1. The number of ether oxygens (including phenoxy) is 1. The van der Waals surface area contributed by atoms with E-state index >= 15 is 0 Å². The van der Waals surface area contributed by atoms with Crippen molar-refractivity contribution < 1.29 is 9.13 Å². The highest BCUT2D eigenvalue weighted by molar-refractivity contribution is 5.51. The maximum Gasteiger partial charge on any atom is 0.123 e. The normalized spacial score (nSPS) is 28.1.